The van der Waals surface area contributed by atoms with E-state index in [2.05, 4.69) is 22.8 Å². The summed E-state index contributed by atoms with van der Waals surface area (Å²) in [6, 6.07) is 9.67. The molecule has 1 aromatic carbocycles. The summed E-state index contributed by atoms with van der Waals surface area (Å²) >= 11 is 0. The van der Waals surface area contributed by atoms with Gasteiger partial charge < -0.3 is 10.6 Å². The molecule has 1 saturated carbocycles. The second kappa shape index (κ2) is 7.44. The van der Waals surface area contributed by atoms with E-state index in [1.165, 1.54) is 0 Å². The van der Waals surface area contributed by atoms with Crippen molar-refractivity contribution in [3.63, 3.8) is 0 Å². The van der Waals surface area contributed by atoms with E-state index in [4.69, 9.17) is 0 Å². The zero-order valence-electron chi connectivity index (χ0n) is 13.3. The molecule has 4 nitrogen and oxygen atoms in total. The molecule has 122 valence electrons. The van der Waals surface area contributed by atoms with E-state index in [1.54, 1.807) is 0 Å². The number of nitrogens with one attached hydrogen (secondary N) is 2. The van der Waals surface area contributed by atoms with Crippen molar-refractivity contribution < 1.29 is 9.59 Å². The number of carbonyl (C=O) groups is 2. The highest BCUT2D eigenvalue weighted by Crippen LogP contribution is 2.20. The van der Waals surface area contributed by atoms with E-state index >= 15 is 0 Å². The molecule has 0 spiro atoms. The molecule has 1 aromatic rings. The summed E-state index contributed by atoms with van der Waals surface area (Å²) in [4.78, 5) is 25.0. The molecule has 0 saturated heterocycles. The first-order chi connectivity index (χ1) is 11.2. The molecule has 0 aliphatic heterocycles. The molecule has 23 heavy (non-hydrogen) atoms. The predicted molar refractivity (Wildman–Crippen MR) is 89.7 cm³/mol. The van der Waals surface area contributed by atoms with Gasteiger partial charge in [-0.15, -0.1) is 0 Å². The van der Waals surface area contributed by atoms with Gasteiger partial charge in [-0.2, -0.15) is 0 Å². The van der Waals surface area contributed by atoms with Gasteiger partial charge in [-0.25, -0.2) is 0 Å². The molecule has 0 radical (unpaired) electrons. The third-order valence-electron chi connectivity index (χ3n) is 4.48. The van der Waals surface area contributed by atoms with Crippen LogP contribution in [-0.2, 0) is 16.0 Å². The van der Waals surface area contributed by atoms with Crippen molar-refractivity contribution in [3.05, 3.63) is 48.0 Å². The van der Waals surface area contributed by atoms with Crippen molar-refractivity contribution in [3.8, 4) is 0 Å². The topological polar surface area (TPSA) is 58.2 Å². The van der Waals surface area contributed by atoms with Crippen LogP contribution in [0, 0.1) is 5.92 Å². The quantitative estimate of drug-likeness (QED) is 0.792. The van der Waals surface area contributed by atoms with E-state index in [0.717, 1.165) is 37.7 Å². The Labute approximate surface area is 137 Å². The summed E-state index contributed by atoms with van der Waals surface area (Å²) in [5.74, 6) is -0.0655. The molecule has 0 aromatic heterocycles. The van der Waals surface area contributed by atoms with Crippen molar-refractivity contribution >= 4 is 11.8 Å². The first kappa shape index (κ1) is 15.8. The molecule has 2 aliphatic rings. The highest BCUT2D eigenvalue weighted by molar-refractivity contribution is 5.89. The van der Waals surface area contributed by atoms with Crippen LogP contribution in [0.15, 0.2) is 42.5 Å². The Morgan fingerprint density at radius 1 is 1.09 bits per heavy atom. The first-order valence-electron chi connectivity index (χ1n) is 8.52. The summed E-state index contributed by atoms with van der Waals surface area (Å²) in [7, 11) is 0. The average Bonchev–Trinajstić information content (AvgIpc) is 3.40. The smallest absolute Gasteiger partial charge is 0.243 e. The van der Waals surface area contributed by atoms with E-state index in [1.807, 2.05) is 30.3 Å². The van der Waals surface area contributed by atoms with Gasteiger partial charge in [0.1, 0.15) is 6.04 Å². The minimum absolute atomic E-state index is 0.00114. The molecule has 2 N–H and O–H groups in total. The van der Waals surface area contributed by atoms with E-state index in [0.29, 0.717) is 12.5 Å². The van der Waals surface area contributed by atoms with Crippen molar-refractivity contribution in [2.24, 2.45) is 5.92 Å². The Kier molecular flexibility index (Phi) is 5.11. The van der Waals surface area contributed by atoms with Gasteiger partial charge in [0.2, 0.25) is 11.8 Å². The Morgan fingerprint density at radius 3 is 2.52 bits per heavy atom. The van der Waals surface area contributed by atoms with Gasteiger partial charge >= 0.3 is 0 Å². The molecule has 0 bridgehead atoms. The number of rotatable bonds is 6. The Bertz CT molecular complexity index is 578. The molecule has 2 atom stereocenters. The highest BCUT2D eigenvalue weighted by Gasteiger charge is 2.30. The molecular formula is C19H24N2O2. The molecule has 3 rings (SSSR count). The number of benzene rings is 1. The van der Waals surface area contributed by atoms with Crippen molar-refractivity contribution in [2.75, 3.05) is 0 Å². The summed E-state index contributed by atoms with van der Waals surface area (Å²) < 4.78 is 0. The summed E-state index contributed by atoms with van der Waals surface area (Å²) in [6.07, 6.45) is 9.38. The highest BCUT2D eigenvalue weighted by atomic mass is 16.2. The fraction of sp³-hybridized carbons (Fsp3) is 0.474. The normalized spacial score (nSPS) is 21.5. The fourth-order valence-electron chi connectivity index (χ4n) is 2.91. The largest absolute Gasteiger partial charge is 0.352 e. The number of carbonyl (C=O) groups excluding carboxylic acids is 2. The lowest BCUT2D eigenvalue weighted by atomic mass is 9.93. The SMILES string of the molecule is O=C(N[C@H](Cc1ccccc1)C(=O)NC1CC1)[C@@H]1CC=CCC1. The van der Waals surface area contributed by atoms with Gasteiger partial charge in [-0.05, 0) is 37.7 Å². The lowest BCUT2D eigenvalue weighted by Crippen LogP contribution is -2.50. The lowest BCUT2D eigenvalue weighted by molar-refractivity contribution is -0.131. The summed E-state index contributed by atoms with van der Waals surface area (Å²) in [6.45, 7) is 0. The van der Waals surface area contributed by atoms with Crippen LogP contribution in [0.5, 0.6) is 0 Å². The fourth-order valence-corrected chi connectivity index (χ4v) is 2.91. The van der Waals surface area contributed by atoms with Crippen molar-refractivity contribution in [1.29, 1.82) is 0 Å². The van der Waals surface area contributed by atoms with Crippen LogP contribution in [0.1, 0.15) is 37.7 Å². The van der Waals surface area contributed by atoms with Gasteiger partial charge in [-0.3, -0.25) is 9.59 Å². The Morgan fingerprint density at radius 2 is 1.87 bits per heavy atom. The minimum atomic E-state index is -0.489. The van der Waals surface area contributed by atoms with Crippen LogP contribution in [-0.4, -0.2) is 23.9 Å². The van der Waals surface area contributed by atoms with Gasteiger partial charge in [0.05, 0.1) is 0 Å². The van der Waals surface area contributed by atoms with Gasteiger partial charge in [0, 0.05) is 18.4 Å². The van der Waals surface area contributed by atoms with Gasteiger partial charge in [-0.1, -0.05) is 42.5 Å². The van der Waals surface area contributed by atoms with E-state index in [-0.39, 0.29) is 17.7 Å². The number of hydrogen-bond donors (Lipinski definition) is 2. The zero-order chi connectivity index (χ0) is 16.1. The lowest BCUT2D eigenvalue weighted by Gasteiger charge is -2.23. The maximum Gasteiger partial charge on any atom is 0.243 e. The molecular weight excluding hydrogens is 288 g/mol. The van der Waals surface area contributed by atoms with Gasteiger partial charge in [0.25, 0.3) is 0 Å². The standard InChI is InChI=1S/C19H24N2O2/c22-18(15-9-5-2-6-10-15)21-17(19(23)20-16-11-12-16)13-14-7-3-1-4-8-14/h1-5,7-8,15-17H,6,9-13H2,(H,20,23)(H,21,22)/t15-,17-/m1/s1. The number of amides is 2. The second-order valence-electron chi connectivity index (χ2n) is 6.52. The average molecular weight is 312 g/mol. The zero-order valence-corrected chi connectivity index (χ0v) is 13.3. The van der Waals surface area contributed by atoms with Crippen LogP contribution in [0.4, 0.5) is 0 Å². The second-order valence-corrected chi connectivity index (χ2v) is 6.52. The maximum absolute atomic E-state index is 12.5. The third kappa shape index (κ3) is 4.68. The number of allylic oxidation sites excluding steroid dienone is 2. The minimum Gasteiger partial charge on any atom is -0.352 e. The monoisotopic (exact) mass is 312 g/mol. The molecule has 1 fully saturated rings. The van der Waals surface area contributed by atoms with Crippen LogP contribution < -0.4 is 10.6 Å². The first-order valence-corrected chi connectivity index (χ1v) is 8.52. The van der Waals surface area contributed by atoms with E-state index in [9.17, 15) is 9.59 Å². The van der Waals surface area contributed by atoms with Gasteiger partial charge in [0.15, 0.2) is 0 Å². The third-order valence-corrected chi connectivity index (χ3v) is 4.48. The molecule has 0 heterocycles. The molecule has 2 aliphatic carbocycles. The Hall–Kier alpha value is -2.10. The van der Waals surface area contributed by atoms with Crippen LogP contribution >= 0.6 is 0 Å². The van der Waals surface area contributed by atoms with E-state index < -0.39 is 6.04 Å². The molecule has 4 heteroatoms. The van der Waals surface area contributed by atoms with Crippen LogP contribution in [0.2, 0.25) is 0 Å². The molecule has 0 unspecified atom stereocenters. The predicted octanol–water partition coefficient (Wildman–Crippen LogP) is 2.35. The van der Waals surface area contributed by atoms with Crippen LogP contribution in [0.25, 0.3) is 0 Å². The van der Waals surface area contributed by atoms with Crippen molar-refractivity contribution in [1.82, 2.24) is 10.6 Å². The van der Waals surface area contributed by atoms with Crippen molar-refractivity contribution in [2.45, 2.75) is 50.6 Å². The Balaban J connectivity index is 1.64. The number of hydrogen-bond acceptors (Lipinski definition) is 2. The molecule has 2 amide bonds. The van der Waals surface area contributed by atoms with Crippen LogP contribution in [0.3, 0.4) is 0 Å². The summed E-state index contributed by atoms with van der Waals surface area (Å²) in [5, 5.41) is 6.00. The maximum atomic E-state index is 12.5. The summed E-state index contributed by atoms with van der Waals surface area (Å²) in [5.41, 5.74) is 1.06.